The SMILES string of the molecule is CSc1cc(I)cc2[nH]cnc12. The van der Waals surface area contributed by atoms with Crippen LogP contribution in [0.3, 0.4) is 0 Å². The largest absolute Gasteiger partial charge is 0.345 e. The number of aromatic amines is 1. The Morgan fingerprint density at radius 3 is 3.08 bits per heavy atom. The first-order valence-electron chi connectivity index (χ1n) is 3.48. The molecule has 1 aromatic carbocycles. The van der Waals surface area contributed by atoms with Crippen LogP contribution in [0, 0.1) is 3.57 Å². The van der Waals surface area contributed by atoms with Gasteiger partial charge in [-0.1, -0.05) is 0 Å². The van der Waals surface area contributed by atoms with Gasteiger partial charge in [0, 0.05) is 8.47 Å². The fourth-order valence-electron chi connectivity index (χ4n) is 1.14. The second-order valence-electron chi connectivity index (χ2n) is 2.41. The zero-order valence-electron chi connectivity index (χ0n) is 6.47. The molecular weight excluding hydrogens is 283 g/mol. The predicted octanol–water partition coefficient (Wildman–Crippen LogP) is 2.89. The Morgan fingerprint density at radius 2 is 2.33 bits per heavy atom. The molecule has 0 fully saturated rings. The van der Waals surface area contributed by atoms with Crippen LogP contribution in [-0.4, -0.2) is 16.2 Å². The van der Waals surface area contributed by atoms with Gasteiger partial charge in [0.15, 0.2) is 0 Å². The smallest absolute Gasteiger partial charge is 0.102 e. The van der Waals surface area contributed by atoms with E-state index in [9.17, 15) is 0 Å². The summed E-state index contributed by atoms with van der Waals surface area (Å²) >= 11 is 4.04. The van der Waals surface area contributed by atoms with Crippen molar-refractivity contribution >= 4 is 45.4 Å². The number of benzene rings is 1. The highest BCUT2D eigenvalue weighted by molar-refractivity contribution is 14.1. The number of aromatic nitrogens is 2. The quantitative estimate of drug-likeness (QED) is 0.646. The number of hydrogen-bond donors (Lipinski definition) is 1. The molecule has 0 aliphatic carbocycles. The van der Waals surface area contributed by atoms with Gasteiger partial charge < -0.3 is 4.98 Å². The van der Waals surface area contributed by atoms with Crippen molar-refractivity contribution in [2.45, 2.75) is 4.90 Å². The van der Waals surface area contributed by atoms with Gasteiger partial charge >= 0.3 is 0 Å². The van der Waals surface area contributed by atoms with Gasteiger partial charge in [0.25, 0.3) is 0 Å². The average molecular weight is 290 g/mol. The highest BCUT2D eigenvalue weighted by Gasteiger charge is 2.03. The number of thioether (sulfide) groups is 1. The molecule has 0 bridgehead atoms. The van der Waals surface area contributed by atoms with Crippen LogP contribution in [0.5, 0.6) is 0 Å². The highest BCUT2D eigenvalue weighted by atomic mass is 127. The first kappa shape index (κ1) is 8.37. The summed E-state index contributed by atoms with van der Waals surface area (Å²) < 4.78 is 1.24. The van der Waals surface area contributed by atoms with Crippen LogP contribution in [0.4, 0.5) is 0 Å². The highest BCUT2D eigenvalue weighted by Crippen LogP contribution is 2.26. The maximum Gasteiger partial charge on any atom is 0.102 e. The van der Waals surface area contributed by atoms with Crippen molar-refractivity contribution in [2.24, 2.45) is 0 Å². The third kappa shape index (κ3) is 1.33. The van der Waals surface area contributed by atoms with Gasteiger partial charge in [0.1, 0.15) is 5.52 Å². The molecule has 0 unspecified atom stereocenters. The van der Waals surface area contributed by atoms with Crippen LogP contribution in [0.15, 0.2) is 23.4 Å². The zero-order valence-corrected chi connectivity index (χ0v) is 9.44. The lowest BCUT2D eigenvalue weighted by molar-refractivity contribution is 1.33. The van der Waals surface area contributed by atoms with Crippen LogP contribution >= 0.6 is 34.4 Å². The van der Waals surface area contributed by atoms with Gasteiger partial charge in [0.05, 0.1) is 11.8 Å². The maximum atomic E-state index is 4.25. The molecule has 0 saturated heterocycles. The van der Waals surface area contributed by atoms with Crippen LogP contribution < -0.4 is 0 Å². The molecule has 0 radical (unpaired) electrons. The van der Waals surface area contributed by atoms with Crippen molar-refractivity contribution in [2.75, 3.05) is 6.26 Å². The van der Waals surface area contributed by atoms with Gasteiger partial charge in [0.2, 0.25) is 0 Å². The van der Waals surface area contributed by atoms with Crippen LogP contribution in [0.25, 0.3) is 11.0 Å². The van der Waals surface area contributed by atoms with E-state index in [1.165, 1.54) is 8.47 Å². The molecule has 12 heavy (non-hydrogen) atoms. The first-order chi connectivity index (χ1) is 5.81. The van der Waals surface area contributed by atoms with E-state index in [4.69, 9.17) is 0 Å². The maximum absolute atomic E-state index is 4.25. The molecule has 0 spiro atoms. The number of imidazole rings is 1. The summed E-state index contributed by atoms with van der Waals surface area (Å²) in [5.74, 6) is 0. The number of hydrogen-bond acceptors (Lipinski definition) is 2. The van der Waals surface area contributed by atoms with Crippen molar-refractivity contribution in [1.29, 1.82) is 0 Å². The Balaban J connectivity index is 2.80. The first-order valence-corrected chi connectivity index (χ1v) is 5.78. The number of nitrogens with one attached hydrogen (secondary N) is 1. The third-order valence-corrected chi connectivity index (χ3v) is 3.05. The number of H-pyrrole nitrogens is 1. The average Bonchev–Trinajstić information content (AvgIpc) is 2.50. The Labute approximate surface area is 88.3 Å². The Hall–Kier alpha value is -0.230. The third-order valence-electron chi connectivity index (χ3n) is 1.67. The lowest BCUT2D eigenvalue weighted by atomic mass is 10.3. The van der Waals surface area contributed by atoms with Gasteiger partial charge in [-0.15, -0.1) is 11.8 Å². The summed E-state index contributed by atoms with van der Waals surface area (Å²) in [5, 5.41) is 0. The minimum atomic E-state index is 1.07. The standard InChI is InChI=1S/C8H7IN2S/c1-12-7-3-5(9)2-6-8(7)11-4-10-6/h2-4H,1H3,(H,10,11). The van der Waals surface area contributed by atoms with Crippen molar-refractivity contribution in [1.82, 2.24) is 9.97 Å². The van der Waals surface area contributed by atoms with Crippen molar-refractivity contribution in [3.63, 3.8) is 0 Å². The van der Waals surface area contributed by atoms with E-state index in [0.717, 1.165) is 11.0 Å². The number of fused-ring (bicyclic) bond motifs is 1. The normalized spacial score (nSPS) is 10.8. The van der Waals surface area contributed by atoms with Crippen LogP contribution in [0.1, 0.15) is 0 Å². The van der Waals surface area contributed by atoms with E-state index in [1.807, 2.05) is 0 Å². The summed E-state index contributed by atoms with van der Waals surface area (Å²) in [6.45, 7) is 0. The zero-order chi connectivity index (χ0) is 8.55. The van der Waals surface area contributed by atoms with E-state index in [1.54, 1.807) is 18.1 Å². The van der Waals surface area contributed by atoms with E-state index in [0.29, 0.717) is 0 Å². The molecule has 0 saturated carbocycles. The van der Waals surface area contributed by atoms with Crippen LogP contribution in [-0.2, 0) is 0 Å². The lowest BCUT2D eigenvalue weighted by Gasteiger charge is -1.98. The molecule has 2 nitrogen and oxygen atoms in total. The minimum absolute atomic E-state index is 1.07. The minimum Gasteiger partial charge on any atom is -0.345 e. The molecule has 0 aliphatic heterocycles. The number of rotatable bonds is 1. The molecule has 0 aliphatic rings. The van der Waals surface area contributed by atoms with Gasteiger partial charge in [-0.05, 0) is 41.0 Å². The van der Waals surface area contributed by atoms with E-state index in [2.05, 4.69) is 50.9 Å². The molecule has 1 N–H and O–H groups in total. The molecule has 1 heterocycles. The second kappa shape index (κ2) is 3.26. The van der Waals surface area contributed by atoms with Gasteiger partial charge in [-0.25, -0.2) is 4.98 Å². The predicted molar refractivity (Wildman–Crippen MR) is 60.6 cm³/mol. The Morgan fingerprint density at radius 1 is 1.50 bits per heavy atom. The Kier molecular flexibility index (Phi) is 2.27. The summed E-state index contributed by atoms with van der Waals surface area (Å²) in [4.78, 5) is 8.59. The molecule has 62 valence electrons. The van der Waals surface area contributed by atoms with Crippen LogP contribution in [0.2, 0.25) is 0 Å². The summed E-state index contributed by atoms with van der Waals surface area (Å²) in [6, 6.07) is 4.25. The Bertz CT molecular complexity index is 410. The molecule has 0 amide bonds. The van der Waals surface area contributed by atoms with Gasteiger partial charge in [-0.2, -0.15) is 0 Å². The topological polar surface area (TPSA) is 28.7 Å². The lowest BCUT2D eigenvalue weighted by Crippen LogP contribution is -1.78. The molecule has 2 aromatic rings. The van der Waals surface area contributed by atoms with Gasteiger partial charge in [-0.3, -0.25) is 0 Å². The molecular formula is C8H7IN2S. The number of halogens is 1. The molecule has 2 rings (SSSR count). The fraction of sp³-hybridized carbons (Fsp3) is 0.125. The molecule has 4 heteroatoms. The molecule has 1 aromatic heterocycles. The summed E-state index contributed by atoms with van der Waals surface area (Å²) in [6.07, 6.45) is 3.81. The fourth-order valence-corrected chi connectivity index (χ4v) is 2.57. The van der Waals surface area contributed by atoms with E-state index >= 15 is 0 Å². The van der Waals surface area contributed by atoms with E-state index < -0.39 is 0 Å². The summed E-state index contributed by atoms with van der Waals surface area (Å²) in [5.41, 5.74) is 2.19. The van der Waals surface area contributed by atoms with Crippen molar-refractivity contribution in [3.8, 4) is 0 Å². The molecule has 0 atom stereocenters. The monoisotopic (exact) mass is 290 g/mol. The van der Waals surface area contributed by atoms with Crippen molar-refractivity contribution in [3.05, 3.63) is 22.0 Å². The second-order valence-corrected chi connectivity index (χ2v) is 4.50. The van der Waals surface area contributed by atoms with E-state index in [-0.39, 0.29) is 0 Å². The van der Waals surface area contributed by atoms with Crippen molar-refractivity contribution < 1.29 is 0 Å². The number of nitrogens with zero attached hydrogens (tertiary/aromatic N) is 1. The summed E-state index contributed by atoms with van der Waals surface area (Å²) in [7, 11) is 0.